The molecule has 1 heterocycles. The van der Waals surface area contributed by atoms with Crippen LogP contribution in [0.5, 0.6) is 0 Å². The number of hydrogen-bond donors (Lipinski definition) is 2. The number of aromatic nitrogens is 2. The molecule has 5 nitrogen and oxygen atoms in total. The molecule has 1 amide bonds. The minimum absolute atomic E-state index is 0.000234. The fourth-order valence-electron chi connectivity index (χ4n) is 1.26. The molecule has 1 fully saturated rings. The lowest BCUT2D eigenvalue weighted by atomic mass is 10.3. The third-order valence-corrected chi connectivity index (χ3v) is 3.44. The summed E-state index contributed by atoms with van der Waals surface area (Å²) in [4.78, 5) is 11.8. The second-order valence-electron chi connectivity index (χ2n) is 4.35. The van der Waals surface area contributed by atoms with Crippen LogP contribution in [0.4, 0.5) is 5.13 Å². The average molecular weight is 240 g/mol. The summed E-state index contributed by atoms with van der Waals surface area (Å²) in [7, 11) is 0. The summed E-state index contributed by atoms with van der Waals surface area (Å²) in [5, 5.41) is 15.0. The summed E-state index contributed by atoms with van der Waals surface area (Å²) in [6.45, 7) is 4.98. The van der Waals surface area contributed by atoms with E-state index in [-0.39, 0.29) is 11.4 Å². The molecule has 2 N–H and O–H groups in total. The van der Waals surface area contributed by atoms with E-state index in [1.807, 2.05) is 6.92 Å². The highest BCUT2D eigenvalue weighted by atomic mass is 32.1. The fraction of sp³-hybridized carbons (Fsp3) is 0.700. The number of nitrogens with zero attached hydrogens (tertiary/aromatic N) is 2. The molecule has 0 aliphatic heterocycles. The van der Waals surface area contributed by atoms with E-state index in [4.69, 9.17) is 0 Å². The molecule has 1 aromatic rings. The van der Waals surface area contributed by atoms with Crippen molar-refractivity contribution in [2.45, 2.75) is 38.6 Å². The number of carbonyl (C=O) groups excluding carboxylic acids is 1. The lowest BCUT2D eigenvalue weighted by molar-refractivity contribution is 0.0934. The first-order valence-corrected chi connectivity index (χ1v) is 6.34. The van der Waals surface area contributed by atoms with Gasteiger partial charge in [0.1, 0.15) is 0 Å². The highest BCUT2D eigenvalue weighted by Gasteiger charge is 2.39. The molecule has 0 unspecified atom stereocenters. The van der Waals surface area contributed by atoms with E-state index in [9.17, 15) is 4.79 Å². The van der Waals surface area contributed by atoms with Crippen molar-refractivity contribution >= 4 is 22.4 Å². The molecule has 2 rings (SSSR count). The molecule has 1 aromatic heterocycles. The van der Waals surface area contributed by atoms with E-state index in [1.165, 1.54) is 11.3 Å². The second kappa shape index (κ2) is 4.37. The van der Waals surface area contributed by atoms with E-state index in [0.29, 0.717) is 10.1 Å². The molecule has 0 spiro atoms. The zero-order valence-corrected chi connectivity index (χ0v) is 10.4. The summed E-state index contributed by atoms with van der Waals surface area (Å²) in [6.07, 6.45) is 3.14. The van der Waals surface area contributed by atoms with Crippen LogP contribution in [-0.2, 0) is 0 Å². The molecule has 1 aliphatic rings. The number of amides is 1. The third-order valence-electron chi connectivity index (χ3n) is 2.56. The Morgan fingerprint density at radius 3 is 2.88 bits per heavy atom. The number of anilines is 1. The summed E-state index contributed by atoms with van der Waals surface area (Å²) < 4.78 is 0. The molecule has 16 heavy (non-hydrogen) atoms. The first kappa shape index (κ1) is 11.3. The smallest absolute Gasteiger partial charge is 0.282 e. The Balaban J connectivity index is 1.92. The van der Waals surface area contributed by atoms with Gasteiger partial charge in [-0.25, -0.2) is 0 Å². The maximum absolute atomic E-state index is 11.8. The Hall–Kier alpha value is -1.17. The largest absolute Gasteiger partial charge is 0.360 e. The number of rotatable bonds is 5. The number of carbonyl (C=O) groups is 1. The van der Waals surface area contributed by atoms with Gasteiger partial charge >= 0.3 is 0 Å². The van der Waals surface area contributed by atoms with Crippen LogP contribution in [-0.4, -0.2) is 28.2 Å². The van der Waals surface area contributed by atoms with Gasteiger partial charge in [-0.1, -0.05) is 18.3 Å². The quantitative estimate of drug-likeness (QED) is 0.821. The van der Waals surface area contributed by atoms with Crippen molar-refractivity contribution in [3.63, 3.8) is 0 Å². The lowest BCUT2D eigenvalue weighted by Crippen LogP contribution is -2.34. The lowest BCUT2D eigenvalue weighted by Gasteiger charge is -2.08. The van der Waals surface area contributed by atoms with E-state index in [0.717, 1.165) is 25.8 Å². The Kier molecular flexibility index (Phi) is 3.09. The molecule has 6 heteroatoms. The monoisotopic (exact) mass is 240 g/mol. The molecule has 1 aliphatic carbocycles. The van der Waals surface area contributed by atoms with Crippen LogP contribution in [0, 0.1) is 0 Å². The van der Waals surface area contributed by atoms with Crippen molar-refractivity contribution in [1.29, 1.82) is 0 Å². The van der Waals surface area contributed by atoms with Gasteiger partial charge in [0, 0.05) is 12.1 Å². The van der Waals surface area contributed by atoms with Crippen LogP contribution in [0.25, 0.3) is 0 Å². The van der Waals surface area contributed by atoms with E-state index in [1.54, 1.807) is 0 Å². The SMILES string of the molecule is CCCNc1nnc(C(=O)NC2(C)CC2)s1. The zero-order valence-electron chi connectivity index (χ0n) is 9.54. The maximum Gasteiger partial charge on any atom is 0.282 e. The van der Waals surface area contributed by atoms with Gasteiger partial charge in [-0.15, -0.1) is 10.2 Å². The minimum Gasteiger partial charge on any atom is -0.360 e. The zero-order chi connectivity index (χ0) is 11.6. The molecule has 0 bridgehead atoms. The van der Waals surface area contributed by atoms with Gasteiger partial charge < -0.3 is 10.6 Å². The van der Waals surface area contributed by atoms with Gasteiger partial charge in [-0.3, -0.25) is 4.79 Å². The molecular formula is C10H16N4OS. The van der Waals surface area contributed by atoms with Gasteiger partial charge in [0.25, 0.3) is 5.91 Å². The van der Waals surface area contributed by atoms with Gasteiger partial charge in [0.15, 0.2) is 0 Å². The Morgan fingerprint density at radius 1 is 1.50 bits per heavy atom. The first-order chi connectivity index (χ1) is 7.63. The third kappa shape index (κ3) is 2.69. The predicted octanol–water partition coefficient (Wildman–Crippen LogP) is 1.64. The maximum atomic E-state index is 11.8. The predicted molar refractivity (Wildman–Crippen MR) is 63.8 cm³/mol. The molecule has 0 atom stereocenters. The molecule has 1 saturated carbocycles. The Labute approximate surface area is 98.7 Å². The van der Waals surface area contributed by atoms with E-state index >= 15 is 0 Å². The van der Waals surface area contributed by atoms with Crippen molar-refractivity contribution in [3.8, 4) is 0 Å². The summed E-state index contributed by atoms with van der Waals surface area (Å²) >= 11 is 1.30. The Bertz CT molecular complexity index is 386. The van der Waals surface area contributed by atoms with Gasteiger partial charge in [-0.05, 0) is 26.2 Å². The van der Waals surface area contributed by atoms with Crippen LogP contribution in [0.2, 0.25) is 0 Å². The number of hydrogen-bond acceptors (Lipinski definition) is 5. The average Bonchev–Trinajstić information content (AvgIpc) is 2.82. The van der Waals surface area contributed by atoms with Crippen LogP contribution >= 0.6 is 11.3 Å². The summed E-state index contributed by atoms with van der Waals surface area (Å²) in [5.41, 5.74) is -0.000234. The summed E-state index contributed by atoms with van der Waals surface area (Å²) in [6, 6.07) is 0. The molecule has 0 radical (unpaired) electrons. The van der Waals surface area contributed by atoms with Crippen LogP contribution in [0.15, 0.2) is 0 Å². The minimum atomic E-state index is -0.109. The van der Waals surface area contributed by atoms with Gasteiger partial charge in [0.05, 0.1) is 0 Å². The number of nitrogens with one attached hydrogen (secondary N) is 2. The van der Waals surface area contributed by atoms with Crippen molar-refractivity contribution in [2.75, 3.05) is 11.9 Å². The molecular weight excluding hydrogens is 224 g/mol. The molecule has 0 aromatic carbocycles. The topological polar surface area (TPSA) is 66.9 Å². The normalized spacial score (nSPS) is 16.9. The summed E-state index contributed by atoms with van der Waals surface area (Å²) in [5.74, 6) is -0.109. The standard InChI is InChI=1S/C10H16N4OS/c1-3-6-11-9-14-13-8(16-9)7(15)12-10(2)4-5-10/h3-6H2,1-2H3,(H,11,14)(H,12,15). The first-order valence-electron chi connectivity index (χ1n) is 5.53. The van der Waals surface area contributed by atoms with Crippen molar-refractivity contribution < 1.29 is 4.79 Å². The van der Waals surface area contributed by atoms with Crippen LogP contribution in [0.1, 0.15) is 42.9 Å². The van der Waals surface area contributed by atoms with E-state index < -0.39 is 0 Å². The fourth-order valence-corrected chi connectivity index (χ4v) is 1.92. The van der Waals surface area contributed by atoms with Crippen molar-refractivity contribution in [1.82, 2.24) is 15.5 Å². The molecule has 88 valence electrons. The van der Waals surface area contributed by atoms with Gasteiger partial charge in [0.2, 0.25) is 10.1 Å². The van der Waals surface area contributed by atoms with Crippen LogP contribution < -0.4 is 10.6 Å². The van der Waals surface area contributed by atoms with Crippen molar-refractivity contribution in [2.24, 2.45) is 0 Å². The highest BCUT2D eigenvalue weighted by molar-refractivity contribution is 7.17. The molecule has 0 saturated heterocycles. The van der Waals surface area contributed by atoms with Crippen molar-refractivity contribution in [3.05, 3.63) is 5.01 Å². The Morgan fingerprint density at radius 2 is 2.25 bits per heavy atom. The van der Waals surface area contributed by atoms with E-state index in [2.05, 4.69) is 27.8 Å². The highest BCUT2D eigenvalue weighted by Crippen LogP contribution is 2.34. The second-order valence-corrected chi connectivity index (χ2v) is 5.33. The van der Waals surface area contributed by atoms with Gasteiger partial charge in [-0.2, -0.15) is 0 Å². The van der Waals surface area contributed by atoms with Crippen LogP contribution in [0.3, 0.4) is 0 Å².